The first-order chi connectivity index (χ1) is 21.5. The Morgan fingerprint density at radius 2 is 1.40 bits per heavy atom. The summed E-state index contributed by atoms with van der Waals surface area (Å²) in [5.41, 5.74) is 5.48. The molecule has 0 unspecified atom stereocenters. The molecule has 9 heteroatoms. The van der Waals surface area contributed by atoms with Gasteiger partial charge in [-0.2, -0.15) is 0 Å². The maximum Gasteiger partial charge on any atom is 0.492 e. The van der Waals surface area contributed by atoms with Gasteiger partial charge in [0.1, 0.15) is 6.61 Å². The van der Waals surface area contributed by atoms with Crippen molar-refractivity contribution in [1.29, 1.82) is 0 Å². The summed E-state index contributed by atoms with van der Waals surface area (Å²) in [5, 5.41) is 2.89. The van der Waals surface area contributed by atoms with Gasteiger partial charge in [-0.25, -0.2) is 4.79 Å². The fourth-order valence-electron chi connectivity index (χ4n) is 5.59. The van der Waals surface area contributed by atoms with Gasteiger partial charge in [-0.1, -0.05) is 78.9 Å². The van der Waals surface area contributed by atoms with Crippen molar-refractivity contribution in [3.63, 3.8) is 0 Å². The molecule has 8 nitrogen and oxygen atoms in total. The van der Waals surface area contributed by atoms with Gasteiger partial charge in [0.25, 0.3) is 0 Å². The molecular weight excluding hydrogens is 569 g/mol. The van der Waals surface area contributed by atoms with E-state index in [0.29, 0.717) is 11.0 Å². The summed E-state index contributed by atoms with van der Waals surface area (Å²) < 4.78 is 23.3. The first-order valence-electron chi connectivity index (χ1n) is 15.4. The molecule has 2 aliphatic rings. The number of nitrogens with one attached hydrogen (secondary N) is 1. The lowest BCUT2D eigenvalue weighted by Crippen LogP contribution is -2.41. The SMILES string of the molecule is CCOC(=O)CCC(=O)c1ccc(C=C(CNC(=O)OCC2c3ccccc3-c3ccccc32)B2OC(C)(C)C(C)(C)O2)cc1. The molecule has 1 saturated heterocycles. The van der Waals surface area contributed by atoms with Crippen LogP contribution in [0.2, 0.25) is 0 Å². The molecule has 45 heavy (non-hydrogen) atoms. The molecule has 1 heterocycles. The molecule has 0 saturated carbocycles. The summed E-state index contributed by atoms with van der Waals surface area (Å²) in [6.45, 7) is 10.3. The second kappa shape index (κ2) is 13.4. The third-order valence-corrected chi connectivity index (χ3v) is 8.78. The summed E-state index contributed by atoms with van der Waals surface area (Å²) in [7, 11) is -0.699. The number of ether oxygens (including phenoxy) is 2. The monoisotopic (exact) mass is 609 g/mol. The van der Waals surface area contributed by atoms with E-state index >= 15 is 0 Å². The van der Waals surface area contributed by atoms with E-state index in [2.05, 4.69) is 29.6 Å². The number of esters is 1. The largest absolute Gasteiger partial charge is 0.492 e. The first kappa shape index (κ1) is 32.2. The lowest BCUT2D eigenvalue weighted by molar-refractivity contribution is -0.143. The van der Waals surface area contributed by atoms with Crippen molar-refractivity contribution in [2.24, 2.45) is 0 Å². The van der Waals surface area contributed by atoms with Gasteiger partial charge in [0.15, 0.2) is 5.78 Å². The number of fused-ring (bicyclic) bond motifs is 3. The molecule has 0 spiro atoms. The van der Waals surface area contributed by atoms with Crippen molar-refractivity contribution in [2.45, 2.75) is 64.6 Å². The average Bonchev–Trinajstić information content (AvgIpc) is 3.45. The van der Waals surface area contributed by atoms with Gasteiger partial charge < -0.3 is 24.1 Å². The summed E-state index contributed by atoms with van der Waals surface area (Å²) >= 11 is 0. The highest BCUT2D eigenvalue weighted by atomic mass is 16.7. The molecule has 1 aliphatic carbocycles. The fourth-order valence-corrected chi connectivity index (χ4v) is 5.59. The standard InChI is InChI=1S/C36H40BNO7/c1-6-42-33(40)20-19-32(39)25-17-15-24(16-18-25)21-26(37-44-35(2,3)36(4,5)45-37)22-38-34(41)43-23-31-29-13-9-7-11-27(29)28-12-8-10-14-30(28)31/h7-18,21,31H,6,19-20,22-23H2,1-5H3,(H,38,41). The van der Waals surface area contributed by atoms with Gasteiger partial charge in [0, 0.05) is 24.4 Å². The summed E-state index contributed by atoms with van der Waals surface area (Å²) in [6.07, 6.45) is 1.47. The Labute approximate surface area is 265 Å². The Balaban J connectivity index is 1.27. The maximum atomic E-state index is 13.0. The minimum atomic E-state index is -0.699. The number of Topliss-reactive ketones (excluding diaryl/α,β-unsaturated/α-hetero) is 1. The zero-order valence-electron chi connectivity index (χ0n) is 26.6. The second-order valence-electron chi connectivity index (χ2n) is 12.3. The van der Waals surface area contributed by atoms with Crippen molar-refractivity contribution in [3.05, 3.63) is 101 Å². The van der Waals surface area contributed by atoms with Crippen LogP contribution in [0.5, 0.6) is 0 Å². The van der Waals surface area contributed by atoms with E-state index in [1.807, 2.05) is 70.2 Å². The molecule has 0 aromatic heterocycles. The summed E-state index contributed by atoms with van der Waals surface area (Å²) in [5.74, 6) is -0.567. The predicted octanol–water partition coefficient (Wildman–Crippen LogP) is 6.77. The number of benzene rings is 3. The van der Waals surface area contributed by atoms with Crippen LogP contribution in [0.3, 0.4) is 0 Å². The van der Waals surface area contributed by atoms with Crippen molar-refractivity contribution in [3.8, 4) is 11.1 Å². The predicted molar refractivity (Wildman–Crippen MR) is 174 cm³/mol. The zero-order chi connectivity index (χ0) is 32.2. The first-order valence-corrected chi connectivity index (χ1v) is 15.4. The van der Waals surface area contributed by atoms with Crippen molar-refractivity contribution in [1.82, 2.24) is 5.32 Å². The van der Waals surface area contributed by atoms with E-state index in [-0.39, 0.29) is 50.3 Å². The number of ketones is 1. The second-order valence-corrected chi connectivity index (χ2v) is 12.3. The molecule has 234 valence electrons. The normalized spacial score (nSPS) is 16.6. The number of amides is 1. The third kappa shape index (κ3) is 7.21. The highest BCUT2D eigenvalue weighted by molar-refractivity contribution is 6.56. The van der Waals surface area contributed by atoms with Gasteiger partial charge in [-0.05, 0) is 67.9 Å². The van der Waals surface area contributed by atoms with Crippen molar-refractivity contribution < 1.29 is 33.2 Å². The zero-order valence-corrected chi connectivity index (χ0v) is 26.6. The van der Waals surface area contributed by atoms with Gasteiger partial charge in [0.05, 0.1) is 24.2 Å². The Kier molecular flexibility index (Phi) is 9.60. The molecule has 1 amide bonds. The van der Waals surface area contributed by atoms with E-state index in [0.717, 1.165) is 16.7 Å². The van der Waals surface area contributed by atoms with Gasteiger partial charge in [0.2, 0.25) is 0 Å². The van der Waals surface area contributed by atoms with Crippen molar-refractivity contribution in [2.75, 3.05) is 19.8 Å². The van der Waals surface area contributed by atoms with Crippen LogP contribution in [0, 0.1) is 0 Å². The van der Waals surface area contributed by atoms with E-state index in [9.17, 15) is 14.4 Å². The Bertz CT molecular complexity index is 1530. The highest BCUT2D eigenvalue weighted by Gasteiger charge is 2.52. The Hall–Kier alpha value is -4.21. The van der Waals surface area contributed by atoms with E-state index < -0.39 is 24.4 Å². The van der Waals surface area contributed by atoms with Crippen molar-refractivity contribution >= 4 is 31.0 Å². The van der Waals surface area contributed by atoms with Crippen LogP contribution >= 0.6 is 0 Å². The van der Waals surface area contributed by atoms with Crippen LogP contribution in [0.15, 0.2) is 78.3 Å². The van der Waals surface area contributed by atoms with E-state index in [1.165, 1.54) is 11.1 Å². The lowest BCUT2D eigenvalue weighted by atomic mass is 9.77. The van der Waals surface area contributed by atoms with Gasteiger partial charge in [-0.15, -0.1) is 0 Å². The topological polar surface area (TPSA) is 100 Å². The third-order valence-electron chi connectivity index (χ3n) is 8.78. The molecule has 1 aliphatic heterocycles. The average molecular weight is 610 g/mol. The number of hydrogen-bond acceptors (Lipinski definition) is 7. The van der Waals surface area contributed by atoms with E-state index in [4.69, 9.17) is 18.8 Å². The Morgan fingerprint density at radius 1 is 0.822 bits per heavy atom. The van der Waals surface area contributed by atoms with E-state index in [1.54, 1.807) is 19.1 Å². The molecule has 1 N–H and O–H groups in total. The van der Waals surface area contributed by atoms with Gasteiger partial charge >= 0.3 is 19.2 Å². The minimum Gasteiger partial charge on any atom is -0.466 e. The summed E-state index contributed by atoms with van der Waals surface area (Å²) in [6, 6.07) is 23.5. The molecule has 0 bridgehead atoms. The van der Waals surface area contributed by atoms with Crippen LogP contribution in [0.4, 0.5) is 4.79 Å². The molecule has 0 radical (unpaired) electrons. The van der Waals surface area contributed by atoms with Gasteiger partial charge in [-0.3, -0.25) is 9.59 Å². The molecule has 1 fully saturated rings. The Morgan fingerprint density at radius 3 is 1.98 bits per heavy atom. The number of rotatable bonds is 11. The molecular formula is C36H40BNO7. The van der Waals surface area contributed by atoms with Crippen LogP contribution in [-0.2, 0) is 23.6 Å². The number of hydrogen-bond donors (Lipinski definition) is 1. The van der Waals surface area contributed by atoms with Crippen LogP contribution in [0.25, 0.3) is 17.2 Å². The van der Waals surface area contributed by atoms with Crippen LogP contribution in [0.1, 0.15) is 80.4 Å². The quantitative estimate of drug-likeness (QED) is 0.146. The molecule has 3 aromatic carbocycles. The fraction of sp³-hybridized carbons (Fsp3) is 0.361. The lowest BCUT2D eigenvalue weighted by Gasteiger charge is -2.32. The number of carbonyl (C=O) groups excluding carboxylic acids is 3. The molecule has 0 atom stereocenters. The van der Waals surface area contributed by atoms with Crippen LogP contribution in [-0.4, -0.2) is 55.9 Å². The summed E-state index contributed by atoms with van der Waals surface area (Å²) in [4.78, 5) is 37.2. The number of alkyl carbamates (subject to hydrolysis) is 1. The minimum absolute atomic E-state index is 0.0419. The molecule has 3 aromatic rings. The highest BCUT2D eigenvalue weighted by Crippen LogP contribution is 2.44. The van der Waals surface area contributed by atoms with Crippen LogP contribution < -0.4 is 5.32 Å². The number of carbonyl (C=O) groups is 3. The maximum absolute atomic E-state index is 13.0. The molecule has 5 rings (SSSR count). The smallest absolute Gasteiger partial charge is 0.466 e.